The molecule has 9 heteroatoms. The predicted octanol–water partition coefficient (Wildman–Crippen LogP) is 3.07. The van der Waals surface area contributed by atoms with E-state index in [4.69, 9.17) is 33.7 Å². The molecule has 0 aliphatic carbocycles. The van der Waals surface area contributed by atoms with Crippen LogP contribution in [-0.2, 0) is 0 Å². The molecule has 98 valence electrons. The van der Waals surface area contributed by atoms with Gasteiger partial charge in [-0.1, -0.05) is 23.2 Å². The van der Waals surface area contributed by atoms with E-state index in [9.17, 15) is 10.1 Å². The fourth-order valence-electron chi connectivity index (χ4n) is 1.30. The van der Waals surface area contributed by atoms with Crippen molar-refractivity contribution >= 4 is 34.8 Å². The minimum atomic E-state index is -0.599. The summed E-state index contributed by atoms with van der Waals surface area (Å²) < 4.78 is 5.27. The summed E-state index contributed by atoms with van der Waals surface area (Å²) in [5.74, 6) is -0.179. The summed E-state index contributed by atoms with van der Waals surface area (Å²) in [5, 5.41) is 11.2. The summed E-state index contributed by atoms with van der Waals surface area (Å²) in [6, 6.07) is 5.19. The number of nitrogen functional groups attached to an aromatic ring is 1. The van der Waals surface area contributed by atoms with Gasteiger partial charge >= 0.3 is 5.69 Å². The summed E-state index contributed by atoms with van der Waals surface area (Å²) in [7, 11) is 0. The van der Waals surface area contributed by atoms with E-state index in [2.05, 4.69) is 9.97 Å². The normalized spacial score (nSPS) is 10.2. The third-order valence-electron chi connectivity index (χ3n) is 2.02. The molecule has 2 aromatic rings. The predicted molar refractivity (Wildman–Crippen MR) is 69.6 cm³/mol. The first-order valence-corrected chi connectivity index (χ1v) is 5.63. The van der Waals surface area contributed by atoms with Gasteiger partial charge in [0.25, 0.3) is 0 Å². The molecule has 0 fully saturated rings. The molecule has 0 radical (unpaired) electrons. The van der Waals surface area contributed by atoms with Gasteiger partial charge in [0.1, 0.15) is 5.15 Å². The maximum atomic E-state index is 10.9. The molecule has 0 saturated heterocycles. The number of aromatic nitrogens is 2. The molecule has 1 heterocycles. The third-order valence-corrected chi connectivity index (χ3v) is 2.45. The van der Waals surface area contributed by atoms with Crippen molar-refractivity contribution in [3.05, 3.63) is 44.6 Å². The summed E-state index contributed by atoms with van der Waals surface area (Å²) >= 11 is 11.4. The van der Waals surface area contributed by atoms with Crippen molar-refractivity contribution in [1.82, 2.24) is 9.97 Å². The number of nitrogens with zero attached hydrogens (tertiary/aromatic N) is 3. The van der Waals surface area contributed by atoms with Gasteiger partial charge in [-0.05, 0) is 6.07 Å². The smallest absolute Gasteiger partial charge is 0.311 e. The molecule has 2 N–H and O–H groups in total. The molecule has 1 aromatic heterocycles. The zero-order valence-corrected chi connectivity index (χ0v) is 10.7. The van der Waals surface area contributed by atoms with Crippen LogP contribution in [-0.4, -0.2) is 14.9 Å². The van der Waals surface area contributed by atoms with E-state index in [-0.39, 0.29) is 33.4 Å². The molecular weight excluding hydrogens is 295 g/mol. The molecular formula is C10H6Cl2N4O3. The molecule has 2 rings (SSSR count). The molecule has 19 heavy (non-hydrogen) atoms. The third kappa shape index (κ3) is 3.21. The van der Waals surface area contributed by atoms with Gasteiger partial charge in [0, 0.05) is 23.2 Å². The van der Waals surface area contributed by atoms with Crippen LogP contribution in [0.1, 0.15) is 0 Å². The Labute approximate surface area is 117 Å². The Morgan fingerprint density at radius 1 is 1.26 bits per heavy atom. The fourth-order valence-corrected chi connectivity index (χ4v) is 1.64. The first kappa shape index (κ1) is 13.3. The highest BCUT2D eigenvalue weighted by atomic mass is 35.5. The standard InChI is InChI=1S/C10H6Cl2N4O3/c11-5-1-2-6(16(17)18)7(3-5)19-9-4-8(12)14-10(13)15-9/h1-4H,(H2,13,14,15). The second-order valence-electron chi connectivity index (χ2n) is 3.36. The molecule has 0 unspecified atom stereocenters. The number of nitro groups is 1. The maximum Gasteiger partial charge on any atom is 0.311 e. The van der Waals surface area contributed by atoms with Crippen LogP contribution >= 0.6 is 23.2 Å². The van der Waals surface area contributed by atoms with Crippen LogP contribution in [0.4, 0.5) is 11.6 Å². The van der Waals surface area contributed by atoms with E-state index in [1.165, 1.54) is 24.3 Å². The van der Waals surface area contributed by atoms with Crippen LogP contribution < -0.4 is 10.5 Å². The van der Waals surface area contributed by atoms with Crippen molar-refractivity contribution < 1.29 is 9.66 Å². The van der Waals surface area contributed by atoms with Gasteiger partial charge in [-0.15, -0.1) is 0 Å². The molecule has 0 atom stereocenters. The minimum Gasteiger partial charge on any atom is -0.431 e. The first-order valence-electron chi connectivity index (χ1n) is 4.87. The lowest BCUT2D eigenvalue weighted by molar-refractivity contribution is -0.385. The molecule has 0 aliphatic rings. The Hall–Kier alpha value is -2.12. The van der Waals surface area contributed by atoms with Crippen LogP contribution in [0.15, 0.2) is 24.3 Å². The molecule has 0 amide bonds. The van der Waals surface area contributed by atoms with Gasteiger partial charge in [0.05, 0.1) is 4.92 Å². The van der Waals surface area contributed by atoms with Gasteiger partial charge in [0.2, 0.25) is 17.6 Å². The van der Waals surface area contributed by atoms with Crippen molar-refractivity contribution in [3.8, 4) is 11.6 Å². The van der Waals surface area contributed by atoms with Crippen LogP contribution in [0.5, 0.6) is 11.6 Å². The Morgan fingerprint density at radius 2 is 2.00 bits per heavy atom. The van der Waals surface area contributed by atoms with Crippen LogP contribution in [0.3, 0.4) is 0 Å². The second kappa shape index (κ2) is 5.25. The van der Waals surface area contributed by atoms with E-state index in [1.54, 1.807) is 0 Å². The number of halogens is 2. The van der Waals surface area contributed by atoms with Gasteiger partial charge in [-0.25, -0.2) is 4.98 Å². The molecule has 0 spiro atoms. The largest absolute Gasteiger partial charge is 0.431 e. The first-order chi connectivity index (χ1) is 8.95. The van der Waals surface area contributed by atoms with E-state index in [0.29, 0.717) is 0 Å². The van der Waals surface area contributed by atoms with Crippen molar-refractivity contribution in [2.45, 2.75) is 0 Å². The Morgan fingerprint density at radius 3 is 2.63 bits per heavy atom. The number of rotatable bonds is 3. The summed E-state index contributed by atoms with van der Waals surface area (Å²) in [5.41, 5.74) is 5.14. The average molecular weight is 301 g/mol. The fraction of sp³-hybridized carbons (Fsp3) is 0. The second-order valence-corrected chi connectivity index (χ2v) is 4.18. The van der Waals surface area contributed by atoms with E-state index in [1.807, 2.05) is 0 Å². The van der Waals surface area contributed by atoms with Crippen LogP contribution in [0, 0.1) is 10.1 Å². The zero-order chi connectivity index (χ0) is 14.0. The zero-order valence-electron chi connectivity index (χ0n) is 9.21. The van der Waals surface area contributed by atoms with Crippen molar-refractivity contribution in [1.29, 1.82) is 0 Å². The number of hydrogen-bond donors (Lipinski definition) is 1. The number of benzene rings is 1. The number of nitro benzene ring substituents is 1. The number of hydrogen-bond acceptors (Lipinski definition) is 6. The lowest BCUT2D eigenvalue weighted by atomic mass is 10.3. The monoisotopic (exact) mass is 300 g/mol. The summed E-state index contributed by atoms with van der Waals surface area (Å²) in [6.45, 7) is 0. The van der Waals surface area contributed by atoms with Gasteiger partial charge in [0.15, 0.2) is 0 Å². The lowest BCUT2D eigenvalue weighted by Crippen LogP contribution is -1.99. The van der Waals surface area contributed by atoms with Crippen LogP contribution in [0.25, 0.3) is 0 Å². The number of anilines is 1. The molecule has 1 aromatic carbocycles. The maximum absolute atomic E-state index is 10.9. The molecule has 0 bridgehead atoms. The SMILES string of the molecule is Nc1nc(Cl)cc(Oc2cc(Cl)ccc2[N+](=O)[O-])n1. The Kier molecular flexibility index (Phi) is 3.68. The van der Waals surface area contributed by atoms with Gasteiger partial charge < -0.3 is 10.5 Å². The summed E-state index contributed by atoms with van der Waals surface area (Å²) in [4.78, 5) is 17.7. The molecule has 7 nitrogen and oxygen atoms in total. The van der Waals surface area contributed by atoms with Crippen molar-refractivity contribution in [2.24, 2.45) is 0 Å². The van der Waals surface area contributed by atoms with E-state index in [0.717, 1.165) is 0 Å². The van der Waals surface area contributed by atoms with Crippen molar-refractivity contribution in [3.63, 3.8) is 0 Å². The number of nitrogens with two attached hydrogens (primary N) is 1. The van der Waals surface area contributed by atoms with Crippen molar-refractivity contribution in [2.75, 3.05) is 5.73 Å². The lowest BCUT2D eigenvalue weighted by Gasteiger charge is -2.06. The van der Waals surface area contributed by atoms with E-state index < -0.39 is 4.92 Å². The van der Waals surface area contributed by atoms with E-state index >= 15 is 0 Å². The minimum absolute atomic E-state index is 0.0112. The quantitative estimate of drug-likeness (QED) is 0.530. The topological polar surface area (TPSA) is 104 Å². The highest BCUT2D eigenvalue weighted by molar-refractivity contribution is 6.30. The average Bonchev–Trinajstić information content (AvgIpc) is 2.26. The molecule has 0 saturated carbocycles. The highest BCUT2D eigenvalue weighted by Gasteiger charge is 2.17. The Balaban J connectivity index is 2.42. The highest BCUT2D eigenvalue weighted by Crippen LogP contribution is 2.33. The molecule has 0 aliphatic heterocycles. The van der Waals surface area contributed by atoms with Gasteiger partial charge in [-0.3, -0.25) is 10.1 Å². The summed E-state index contributed by atoms with van der Waals surface area (Å²) in [6.07, 6.45) is 0. The Bertz CT molecular complexity index is 630. The van der Waals surface area contributed by atoms with Crippen LogP contribution in [0.2, 0.25) is 10.2 Å². The number of ether oxygens (including phenoxy) is 1. The van der Waals surface area contributed by atoms with Gasteiger partial charge in [-0.2, -0.15) is 4.98 Å².